The van der Waals surface area contributed by atoms with Gasteiger partial charge >= 0.3 is 0 Å². The first-order valence-electron chi connectivity index (χ1n) is 7.06. The number of benzene rings is 1. The zero-order valence-corrected chi connectivity index (χ0v) is 11.5. The third kappa shape index (κ3) is 2.87. The maximum atomic E-state index is 12.3. The summed E-state index contributed by atoms with van der Waals surface area (Å²) in [5, 5.41) is 0. The van der Waals surface area contributed by atoms with E-state index < -0.39 is 0 Å². The molecule has 1 aromatic heterocycles. The van der Waals surface area contributed by atoms with Crippen molar-refractivity contribution in [2.75, 3.05) is 6.54 Å². The monoisotopic (exact) mass is 266 g/mol. The second-order valence-corrected chi connectivity index (χ2v) is 5.20. The Morgan fingerprint density at radius 3 is 2.80 bits per heavy atom. The minimum Gasteiger partial charge on any atom is -0.338 e. The fourth-order valence-electron chi connectivity index (χ4n) is 2.66. The van der Waals surface area contributed by atoms with Crippen LogP contribution in [-0.2, 0) is 24.2 Å². The molecule has 102 valence electrons. The number of nitrogens with zero attached hydrogens (tertiary/aromatic N) is 2. The highest BCUT2D eigenvalue weighted by atomic mass is 16.2. The van der Waals surface area contributed by atoms with Crippen LogP contribution in [0.4, 0.5) is 0 Å². The van der Waals surface area contributed by atoms with Crippen LogP contribution < -0.4 is 0 Å². The number of carbonyl (C=O) groups is 1. The molecule has 0 N–H and O–H groups in total. The molecule has 1 aliphatic rings. The fraction of sp³-hybridized carbons (Fsp3) is 0.294. The highest BCUT2D eigenvalue weighted by molar-refractivity contribution is 5.76. The van der Waals surface area contributed by atoms with Crippen molar-refractivity contribution >= 4 is 5.91 Å². The van der Waals surface area contributed by atoms with Crippen LogP contribution in [0.2, 0.25) is 0 Å². The van der Waals surface area contributed by atoms with Crippen molar-refractivity contribution in [1.82, 2.24) is 9.88 Å². The molecule has 0 saturated carbocycles. The molecule has 0 bridgehead atoms. The Hall–Kier alpha value is -2.16. The van der Waals surface area contributed by atoms with E-state index in [0.29, 0.717) is 6.42 Å². The summed E-state index contributed by atoms with van der Waals surface area (Å²) in [5.41, 5.74) is 3.79. The molecule has 0 aliphatic carbocycles. The maximum Gasteiger partial charge on any atom is 0.223 e. The van der Waals surface area contributed by atoms with Crippen LogP contribution in [0.25, 0.3) is 0 Å². The van der Waals surface area contributed by atoms with E-state index >= 15 is 0 Å². The van der Waals surface area contributed by atoms with Crippen LogP contribution >= 0.6 is 0 Å². The number of amides is 1. The largest absolute Gasteiger partial charge is 0.338 e. The Labute approximate surface area is 119 Å². The number of hydrogen-bond acceptors (Lipinski definition) is 2. The Bertz CT molecular complexity index is 595. The molecule has 0 spiro atoms. The van der Waals surface area contributed by atoms with E-state index in [-0.39, 0.29) is 5.91 Å². The molecule has 0 radical (unpaired) electrons. The first-order valence-corrected chi connectivity index (χ1v) is 7.06. The molecule has 0 unspecified atom stereocenters. The SMILES string of the molecule is O=C(CCc1cccnc1)N1CCc2ccccc2C1. The Kier molecular flexibility index (Phi) is 3.77. The van der Waals surface area contributed by atoms with Crippen LogP contribution in [0.1, 0.15) is 23.1 Å². The van der Waals surface area contributed by atoms with Crippen molar-refractivity contribution < 1.29 is 4.79 Å². The lowest BCUT2D eigenvalue weighted by Crippen LogP contribution is -2.36. The van der Waals surface area contributed by atoms with Gasteiger partial charge in [-0.3, -0.25) is 9.78 Å². The molecule has 1 amide bonds. The second kappa shape index (κ2) is 5.87. The topological polar surface area (TPSA) is 33.2 Å². The normalized spacial score (nSPS) is 13.9. The van der Waals surface area contributed by atoms with E-state index in [4.69, 9.17) is 0 Å². The highest BCUT2D eigenvalue weighted by Crippen LogP contribution is 2.19. The van der Waals surface area contributed by atoms with Crippen LogP contribution in [-0.4, -0.2) is 22.3 Å². The van der Waals surface area contributed by atoms with Gasteiger partial charge in [0.05, 0.1) is 0 Å². The molecular formula is C17H18N2O. The zero-order valence-electron chi connectivity index (χ0n) is 11.5. The molecule has 3 nitrogen and oxygen atoms in total. The molecule has 1 aromatic carbocycles. The van der Waals surface area contributed by atoms with Crippen molar-refractivity contribution in [3.63, 3.8) is 0 Å². The lowest BCUT2D eigenvalue weighted by molar-refractivity contribution is -0.132. The number of carbonyl (C=O) groups excluding carboxylic acids is 1. The zero-order chi connectivity index (χ0) is 13.8. The number of fused-ring (bicyclic) bond motifs is 1. The minimum atomic E-state index is 0.239. The molecule has 0 fully saturated rings. The quantitative estimate of drug-likeness (QED) is 0.855. The predicted octanol–water partition coefficient (Wildman–Crippen LogP) is 2.60. The van der Waals surface area contributed by atoms with Crippen LogP contribution in [0.15, 0.2) is 48.8 Å². The van der Waals surface area contributed by atoms with Gasteiger partial charge in [-0.15, -0.1) is 0 Å². The van der Waals surface area contributed by atoms with Crippen molar-refractivity contribution in [2.24, 2.45) is 0 Å². The van der Waals surface area contributed by atoms with E-state index in [1.54, 1.807) is 6.20 Å². The van der Waals surface area contributed by atoms with E-state index in [0.717, 1.165) is 31.5 Å². The molecule has 2 aromatic rings. The summed E-state index contributed by atoms with van der Waals surface area (Å²) < 4.78 is 0. The third-order valence-corrected chi connectivity index (χ3v) is 3.83. The first-order chi connectivity index (χ1) is 9.83. The summed E-state index contributed by atoms with van der Waals surface area (Å²) >= 11 is 0. The van der Waals surface area contributed by atoms with Crippen LogP contribution in [0, 0.1) is 0 Å². The predicted molar refractivity (Wildman–Crippen MR) is 78.1 cm³/mol. The van der Waals surface area contributed by atoms with Gasteiger partial charge in [0.25, 0.3) is 0 Å². The maximum absolute atomic E-state index is 12.3. The van der Waals surface area contributed by atoms with Gasteiger partial charge in [-0.2, -0.15) is 0 Å². The lowest BCUT2D eigenvalue weighted by atomic mass is 9.99. The number of hydrogen-bond donors (Lipinski definition) is 0. The van der Waals surface area contributed by atoms with Gasteiger partial charge in [0.15, 0.2) is 0 Å². The standard InChI is InChI=1S/C17H18N2O/c20-17(8-7-14-4-3-10-18-12-14)19-11-9-15-5-1-2-6-16(15)13-19/h1-6,10,12H,7-9,11,13H2. The van der Waals surface area contributed by atoms with Gasteiger partial charge < -0.3 is 4.90 Å². The molecule has 3 rings (SSSR count). The molecule has 0 atom stereocenters. The van der Waals surface area contributed by atoms with E-state index in [1.165, 1.54) is 11.1 Å². The van der Waals surface area contributed by atoms with E-state index in [1.807, 2.05) is 29.3 Å². The van der Waals surface area contributed by atoms with Crippen molar-refractivity contribution in [1.29, 1.82) is 0 Å². The van der Waals surface area contributed by atoms with Crippen molar-refractivity contribution in [3.8, 4) is 0 Å². The second-order valence-electron chi connectivity index (χ2n) is 5.20. The first kappa shape index (κ1) is 12.9. The highest BCUT2D eigenvalue weighted by Gasteiger charge is 2.19. The van der Waals surface area contributed by atoms with Gasteiger partial charge in [-0.05, 0) is 35.6 Å². The number of pyridine rings is 1. The van der Waals surface area contributed by atoms with Gasteiger partial charge in [-0.1, -0.05) is 30.3 Å². The van der Waals surface area contributed by atoms with Gasteiger partial charge in [-0.25, -0.2) is 0 Å². The fourth-order valence-corrected chi connectivity index (χ4v) is 2.66. The molecule has 2 heterocycles. The average Bonchev–Trinajstić information content (AvgIpc) is 2.53. The minimum absolute atomic E-state index is 0.239. The Morgan fingerprint density at radius 2 is 2.00 bits per heavy atom. The summed E-state index contributed by atoms with van der Waals surface area (Å²) in [7, 11) is 0. The summed E-state index contributed by atoms with van der Waals surface area (Å²) in [6.07, 6.45) is 5.89. The summed E-state index contributed by atoms with van der Waals surface area (Å²) in [6.45, 7) is 1.59. The summed E-state index contributed by atoms with van der Waals surface area (Å²) in [5.74, 6) is 0.239. The Morgan fingerprint density at radius 1 is 1.15 bits per heavy atom. The van der Waals surface area contributed by atoms with Gasteiger partial charge in [0, 0.05) is 31.9 Å². The summed E-state index contributed by atoms with van der Waals surface area (Å²) in [4.78, 5) is 18.3. The third-order valence-electron chi connectivity index (χ3n) is 3.83. The van der Waals surface area contributed by atoms with Crippen LogP contribution in [0.3, 0.4) is 0 Å². The summed E-state index contributed by atoms with van der Waals surface area (Å²) in [6, 6.07) is 12.3. The average molecular weight is 266 g/mol. The van der Waals surface area contributed by atoms with E-state index in [2.05, 4.69) is 23.2 Å². The molecular weight excluding hydrogens is 248 g/mol. The molecule has 1 aliphatic heterocycles. The molecule has 0 saturated heterocycles. The number of aryl methyl sites for hydroxylation is 1. The number of aromatic nitrogens is 1. The molecule has 20 heavy (non-hydrogen) atoms. The van der Waals surface area contributed by atoms with Crippen molar-refractivity contribution in [3.05, 3.63) is 65.5 Å². The smallest absolute Gasteiger partial charge is 0.223 e. The number of rotatable bonds is 3. The van der Waals surface area contributed by atoms with Gasteiger partial charge in [0.1, 0.15) is 0 Å². The molecule has 3 heteroatoms. The van der Waals surface area contributed by atoms with Crippen LogP contribution in [0.5, 0.6) is 0 Å². The Balaban J connectivity index is 1.59. The van der Waals surface area contributed by atoms with Crippen molar-refractivity contribution in [2.45, 2.75) is 25.8 Å². The van der Waals surface area contributed by atoms with Gasteiger partial charge in [0.2, 0.25) is 5.91 Å². The van der Waals surface area contributed by atoms with E-state index in [9.17, 15) is 4.79 Å². The lowest BCUT2D eigenvalue weighted by Gasteiger charge is -2.29.